The number of aliphatic carboxylic acids is 1. The molecule has 7 heteroatoms. The number of amides is 1. The van der Waals surface area contributed by atoms with E-state index in [4.69, 9.17) is 14.6 Å². The van der Waals surface area contributed by atoms with Gasteiger partial charge in [0.2, 0.25) is 0 Å². The molecule has 1 aromatic heterocycles. The lowest BCUT2D eigenvalue weighted by Crippen LogP contribution is -2.50. The van der Waals surface area contributed by atoms with Crippen molar-refractivity contribution in [2.75, 3.05) is 20.8 Å². The van der Waals surface area contributed by atoms with Crippen LogP contribution < -0.4 is 10.1 Å². The van der Waals surface area contributed by atoms with Gasteiger partial charge >= 0.3 is 5.97 Å². The highest BCUT2D eigenvalue weighted by atomic mass is 32.1. The number of benzene rings is 1. The van der Waals surface area contributed by atoms with Crippen LogP contribution in [-0.4, -0.2) is 43.3 Å². The SMILES string of the molecule is COCC(C)(CC(=O)O)NC(=O)c1cc(-c2ccc(OC)cc2)c(C)s1. The molecule has 1 aromatic carbocycles. The molecule has 26 heavy (non-hydrogen) atoms. The van der Waals surface area contributed by atoms with Crippen molar-refractivity contribution in [3.63, 3.8) is 0 Å². The van der Waals surface area contributed by atoms with Gasteiger partial charge < -0.3 is 19.9 Å². The van der Waals surface area contributed by atoms with Gasteiger partial charge in [0.15, 0.2) is 0 Å². The highest BCUT2D eigenvalue weighted by Gasteiger charge is 2.30. The van der Waals surface area contributed by atoms with Gasteiger partial charge in [-0.15, -0.1) is 11.3 Å². The number of ether oxygens (including phenoxy) is 2. The summed E-state index contributed by atoms with van der Waals surface area (Å²) in [6.07, 6.45) is -0.220. The summed E-state index contributed by atoms with van der Waals surface area (Å²) in [7, 11) is 3.09. The Hall–Kier alpha value is -2.38. The molecule has 6 nitrogen and oxygen atoms in total. The molecular weight excluding hydrogens is 354 g/mol. The standard InChI is InChI=1S/C19H23NO5S/c1-12-15(13-5-7-14(25-4)8-6-13)9-16(26-12)18(23)20-19(2,11-24-3)10-17(21)22/h5-9H,10-11H2,1-4H3,(H,20,23)(H,21,22). The van der Waals surface area contributed by atoms with Gasteiger partial charge in [-0.2, -0.15) is 0 Å². The van der Waals surface area contributed by atoms with Crippen molar-refractivity contribution in [2.24, 2.45) is 0 Å². The summed E-state index contributed by atoms with van der Waals surface area (Å²) in [5.74, 6) is -0.534. The Kier molecular flexibility index (Phi) is 6.39. The summed E-state index contributed by atoms with van der Waals surface area (Å²) < 4.78 is 10.2. The molecule has 0 aliphatic rings. The Morgan fingerprint density at radius 1 is 1.23 bits per heavy atom. The second kappa shape index (κ2) is 8.33. The van der Waals surface area contributed by atoms with Gasteiger partial charge in [0, 0.05) is 12.0 Å². The Labute approximate surface area is 156 Å². The molecule has 2 rings (SSSR count). The minimum absolute atomic E-state index is 0.112. The minimum atomic E-state index is -0.994. The van der Waals surface area contributed by atoms with E-state index in [9.17, 15) is 9.59 Å². The number of rotatable bonds is 8. The van der Waals surface area contributed by atoms with Crippen LogP contribution in [-0.2, 0) is 9.53 Å². The second-order valence-corrected chi connectivity index (χ2v) is 7.58. The third-order valence-corrected chi connectivity index (χ3v) is 5.01. The first kappa shape index (κ1) is 19.9. The zero-order valence-electron chi connectivity index (χ0n) is 15.3. The van der Waals surface area contributed by atoms with E-state index in [1.807, 2.05) is 37.3 Å². The van der Waals surface area contributed by atoms with Crippen LogP contribution in [0.1, 0.15) is 27.9 Å². The van der Waals surface area contributed by atoms with Crippen molar-refractivity contribution in [1.82, 2.24) is 5.32 Å². The lowest BCUT2D eigenvalue weighted by Gasteiger charge is -2.28. The van der Waals surface area contributed by atoms with Crippen molar-refractivity contribution in [3.8, 4) is 16.9 Å². The lowest BCUT2D eigenvalue weighted by molar-refractivity contribution is -0.139. The van der Waals surface area contributed by atoms with Gasteiger partial charge in [0.05, 0.1) is 30.6 Å². The molecule has 2 N–H and O–H groups in total. The Bertz CT molecular complexity index is 784. The first-order valence-electron chi connectivity index (χ1n) is 8.06. The molecule has 0 fully saturated rings. The molecule has 1 heterocycles. The molecule has 0 aliphatic carbocycles. The Morgan fingerprint density at radius 2 is 1.88 bits per heavy atom. The van der Waals surface area contributed by atoms with Crippen molar-refractivity contribution >= 4 is 23.2 Å². The summed E-state index contributed by atoms with van der Waals surface area (Å²) in [5, 5.41) is 11.9. The fourth-order valence-electron chi connectivity index (χ4n) is 2.77. The van der Waals surface area contributed by atoms with Crippen LogP contribution in [0.15, 0.2) is 30.3 Å². The fourth-order valence-corrected chi connectivity index (χ4v) is 3.71. The maximum absolute atomic E-state index is 12.6. The van der Waals surface area contributed by atoms with E-state index in [2.05, 4.69) is 5.32 Å². The summed E-state index contributed by atoms with van der Waals surface area (Å²) >= 11 is 1.37. The molecule has 0 spiro atoms. The highest BCUT2D eigenvalue weighted by Crippen LogP contribution is 2.32. The van der Waals surface area contributed by atoms with Crippen molar-refractivity contribution in [2.45, 2.75) is 25.8 Å². The Morgan fingerprint density at radius 3 is 2.42 bits per heavy atom. The van der Waals surface area contributed by atoms with Crippen LogP contribution in [0.2, 0.25) is 0 Å². The van der Waals surface area contributed by atoms with Crippen LogP contribution in [0.5, 0.6) is 5.75 Å². The molecule has 0 saturated carbocycles. The summed E-state index contributed by atoms with van der Waals surface area (Å²) in [6, 6.07) is 9.44. The van der Waals surface area contributed by atoms with Gasteiger partial charge in [-0.3, -0.25) is 9.59 Å². The number of hydrogen-bond acceptors (Lipinski definition) is 5. The molecule has 140 valence electrons. The highest BCUT2D eigenvalue weighted by molar-refractivity contribution is 7.14. The van der Waals surface area contributed by atoms with E-state index in [1.54, 1.807) is 14.0 Å². The smallest absolute Gasteiger partial charge is 0.305 e. The number of carbonyl (C=O) groups excluding carboxylic acids is 1. The number of methoxy groups -OCH3 is 2. The topological polar surface area (TPSA) is 84.9 Å². The fraction of sp³-hybridized carbons (Fsp3) is 0.368. The summed E-state index contributed by atoms with van der Waals surface area (Å²) in [6.45, 7) is 3.72. The predicted octanol–water partition coefficient (Wildman–Crippen LogP) is 3.34. The molecule has 2 aromatic rings. The van der Waals surface area contributed by atoms with Gasteiger partial charge in [-0.05, 0) is 43.2 Å². The Balaban J connectivity index is 2.23. The average Bonchev–Trinajstić information content (AvgIpc) is 2.96. The van der Waals surface area contributed by atoms with E-state index in [0.29, 0.717) is 4.88 Å². The van der Waals surface area contributed by atoms with Crippen molar-refractivity contribution in [1.29, 1.82) is 0 Å². The maximum atomic E-state index is 12.6. The van der Waals surface area contributed by atoms with Crippen molar-refractivity contribution in [3.05, 3.63) is 40.1 Å². The number of carboxylic acid groups (broad SMARTS) is 1. The number of aryl methyl sites for hydroxylation is 1. The van der Waals surface area contributed by atoms with E-state index in [1.165, 1.54) is 18.4 Å². The zero-order chi connectivity index (χ0) is 19.3. The molecule has 0 radical (unpaired) electrons. The molecule has 1 unspecified atom stereocenters. The van der Waals surface area contributed by atoms with E-state index >= 15 is 0 Å². The van der Waals surface area contributed by atoms with Crippen LogP contribution in [0.4, 0.5) is 0 Å². The molecule has 1 amide bonds. The third-order valence-electron chi connectivity index (χ3n) is 3.96. The van der Waals surface area contributed by atoms with Crippen LogP contribution in [0.3, 0.4) is 0 Å². The molecule has 0 bridgehead atoms. The predicted molar refractivity (Wildman–Crippen MR) is 101 cm³/mol. The zero-order valence-corrected chi connectivity index (χ0v) is 16.1. The first-order chi connectivity index (χ1) is 12.3. The largest absolute Gasteiger partial charge is 0.497 e. The van der Waals surface area contributed by atoms with Gasteiger partial charge in [0.25, 0.3) is 5.91 Å². The number of hydrogen-bond donors (Lipinski definition) is 2. The monoisotopic (exact) mass is 377 g/mol. The number of carboxylic acids is 1. The van der Waals surface area contributed by atoms with Crippen LogP contribution in [0, 0.1) is 6.92 Å². The van der Waals surface area contributed by atoms with E-state index in [0.717, 1.165) is 21.8 Å². The molecule has 0 saturated heterocycles. The maximum Gasteiger partial charge on any atom is 0.305 e. The second-order valence-electron chi connectivity index (χ2n) is 6.33. The lowest BCUT2D eigenvalue weighted by atomic mass is 9.98. The summed E-state index contributed by atoms with van der Waals surface area (Å²) in [5.41, 5.74) is 0.980. The summed E-state index contributed by atoms with van der Waals surface area (Å²) in [4.78, 5) is 25.3. The van der Waals surface area contributed by atoms with E-state index < -0.39 is 11.5 Å². The molecule has 0 aliphatic heterocycles. The minimum Gasteiger partial charge on any atom is -0.497 e. The van der Waals surface area contributed by atoms with Gasteiger partial charge in [-0.1, -0.05) is 12.1 Å². The van der Waals surface area contributed by atoms with Crippen LogP contribution >= 0.6 is 11.3 Å². The number of carbonyl (C=O) groups is 2. The van der Waals surface area contributed by atoms with Crippen LogP contribution in [0.25, 0.3) is 11.1 Å². The van der Waals surface area contributed by atoms with Crippen molar-refractivity contribution < 1.29 is 24.2 Å². The molecular formula is C19H23NO5S. The number of nitrogens with one attached hydrogen (secondary N) is 1. The van der Waals surface area contributed by atoms with E-state index in [-0.39, 0.29) is 18.9 Å². The molecule has 1 atom stereocenters. The van der Waals surface area contributed by atoms with Gasteiger partial charge in [0.1, 0.15) is 5.75 Å². The van der Waals surface area contributed by atoms with Gasteiger partial charge in [-0.25, -0.2) is 0 Å². The number of thiophene rings is 1. The first-order valence-corrected chi connectivity index (χ1v) is 8.88. The average molecular weight is 377 g/mol. The third kappa shape index (κ3) is 4.83. The normalized spacial score (nSPS) is 13.1. The quantitative estimate of drug-likeness (QED) is 0.737.